The molecule has 0 unspecified atom stereocenters. The number of ether oxygens (including phenoxy) is 2. The first-order chi connectivity index (χ1) is 15.6. The molecule has 4 aromatic carbocycles. The second-order valence-corrected chi connectivity index (χ2v) is 8.06. The van der Waals surface area contributed by atoms with E-state index in [0.29, 0.717) is 28.3 Å². The highest BCUT2D eigenvalue weighted by molar-refractivity contribution is 6.05. The lowest BCUT2D eigenvalue weighted by atomic mass is 9.76. The average Bonchev–Trinajstić information content (AvgIpc) is 3.11. The predicted molar refractivity (Wildman–Crippen MR) is 124 cm³/mol. The van der Waals surface area contributed by atoms with Gasteiger partial charge in [0.25, 0.3) is 0 Å². The van der Waals surface area contributed by atoms with Gasteiger partial charge in [-0.2, -0.15) is 0 Å². The van der Waals surface area contributed by atoms with Crippen molar-refractivity contribution in [1.82, 2.24) is 0 Å². The summed E-state index contributed by atoms with van der Waals surface area (Å²) in [5, 5.41) is 3.52. The normalized spacial score (nSPS) is 14.7. The zero-order chi connectivity index (χ0) is 21.9. The Morgan fingerprint density at radius 2 is 1.44 bits per heavy atom. The number of esters is 1. The second-order valence-electron chi connectivity index (χ2n) is 8.06. The molecule has 2 heterocycles. The molecule has 0 amide bonds. The van der Waals surface area contributed by atoms with Crippen molar-refractivity contribution >= 4 is 23.0 Å². The van der Waals surface area contributed by atoms with Crippen molar-refractivity contribution in [3.8, 4) is 11.5 Å². The zero-order valence-electron chi connectivity index (χ0n) is 17.4. The van der Waals surface area contributed by atoms with Gasteiger partial charge in [-0.25, -0.2) is 4.79 Å². The van der Waals surface area contributed by atoms with Gasteiger partial charge in [0, 0.05) is 28.1 Å². The van der Waals surface area contributed by atoms with Crippen LogP contribution in [0.2, 0.25) is 0 Å². The molecule has 0 aliphatic carbocycles. The molecule has 0 radical (unpaired) electrons. The summed E-state index contributed by atoms with van der Waals surface area (Å²) >= 11 is 0. The van der Waals surface area contributed by atoms with Crippen LogP contribution < -0.4 is 15.8 Å². The van der Waals surface area contributed by atoms with Gasteiger partial charge in [-0.3, -0.25) is 0 Å². The number of nitrogen functional groups attached to an aromatic ring is 1. The van der Waals surface area contributed by atoms with Crippen molar-refractivity contribution in [3.63, 3.8) is 0 Å². The van der Waals surface area contributed by atoms with Crippen molar-refractivity contribution in [1.29, 1.82) is 0 Å². The molecule has 0 bridgehead atoms. The van der Waals surface area contributed by atoms with Crippen LogP contribution in [0.3, 0.4) is 0 Å². The van der Waals surface area contributed by atoms with E-state index in [1.54, 1.807) is 0 Å². The quantitative estimate of drug-likeness (QED) is 0.312. The third kappa shape index (κ3) is 2.42. The summed E-state index contributed by atoms with van der Waals surface area (Å²) in [6, 6.07) is 27.0. The van der Waals surface area contributed by atoms with Crippen LogP contribution in [0.1, 0.15) is 32.6 Å². The molecule has 156 valence electrons. The summed E-state index contributed by atoms with van der Waals surface area (Å²) in [4.78, 5) is 13.3. The van der Waals surface area contributed by atoms with Gasteiger partial charge in [0.15, 0.2) is 5.60 Å². The molecule has 2 aliphatic heterocycles. The van der Waals surface area contributed by atoms with E-state index >= 15 is 0 Å². The molecule has 0 atom stereocenters. The van der Waals surface area contributed by atoms with Crippen molar-refractivity contribution in [2.75, 3.05) is 11.1 Å². The molecule has 4 aromatic rings. The van der Waals surface area contributed by atoms with Gasteiger partial charge in [-0.1, -0.05) is 54.6 Å². The molecule has 0 saturated heterocycles. The van der Waals surface area contributed by atoms with Crippen LogP contribution >= 0.6 is 0 Å². The number of carbonyl (C=O) groups is 1. The topological polar surface area (TPSA) is 73.6 Å². The maximum Gasteiger partial charge on any atom is 0.342 e. The Hall–Kier alpha value is -4.25. The number of anilines is 3. The molecule has 2 aliphatic rings. The number of carbonyl (C=O) groups excluding carboxylic acids is 1. The molecule has 1 spiro atoms. The molecule has 6 rings (SSSR count). The summed E-state index contributed by atoms with van der Waals surface area (Å²) in [6.45, 7) is 1.98. The lowest BCUT2D eigenvalue weighted by molar-refractivity contribution is 0.0226. The Balaban J connectivity index is 1.73. The van der Waals surface area contributed by atoms with Gasteiger partial charge in [0.1, 0.15) is 11.5 Å². The minimum absolute atomic E-state index is 0.389. The van der Waals surface area contributed by atoms with Crippen LogP contribution in [0, 0.1) is 6.92 Å². The Kier molecular flexibility index (Phi) is 3.83. The first kappa shape index (κ1) is 18.5. The number of rotatable bonds is 2. The third-order valence-electron chi connectivity index (χ3n) is 6.15. The van der Waals surface area contributed by atoms with Crippen LogP contribution in [-0.4, -0.2) is 5.97 Å². The van der Waals surface area contributed by atoms with E-state index in [2.05, 4.69) is 5.32 Å². The molecule has 32 heavy (non-hydrogen) atoms. The highest BCUT2D eigenvalue weighted by Gasteiger charge is 2.55. The number of benzene rings is 4. The fourth-order valence-electron chi connectivity index (χ4n) is 4.82. The molecule has 5 heteroatoms. The lowest BCUT2D eigenvalue weighted by Gasteiger charge is -2.37. The summed E-state index contributed by atoms with van der Waals surface area (Å²) in [6.07, 6.45) is 0. The molecule has 0 aromatic heterocycles. The van der Waals surface area contributed by atoms with Gasteiger partial charge >= 0.3 is 5.97 Å². The van der Waals surface area contributed by atoms with Gasteiger partial charge in [0.2, 0.25) is 0 Å². The van der Waals surface area contributed by atoms with Crippen LogP contribution in [0.4, 0.5) is 17.1 Å². The number of aryl methyl sites for hydroxylation is 1. The first-order valence-corrected chi connectivity index (χ1v) is 10.5. The second kappa shape index (κ2) is 6.62. The Labute approximate surface area is 185 Å². The monoisotopic (exact) mass is 420 g/mol. The van der Waals surface area contributed by atoms with E-state index in [1.165, 1.54) is 0 Å². The van der Waals surface area contributed by atoms with Crippen LogP contribution in [-0.2, 0) is 10.3 Å². The molecule has 3 N–H and O–H groups in total. The van der Waals surface area contributed by atoms with E-state index < -0.39 is 11.6 Å². The van der Waals surface area contributed by atoms with Crippen molar-refractivity contribution in [2.45, 2.75) is 12.5 Å². The maximum atomic E-state index is 13.3. The van der Waals surface area contributed by atoms with Crippen molar-refractivity contribution < 1.29 is 14.3 Å². The Bertz CT molecular complexity index is 1350. The molecule has 0 saturated carbocycles. The van der Waals surface area contributed by atoms with Gasteiger partial charge < -0.3 is 20.5 Å². The van der Waals surface area contributed by atoms with Crippen LogP contribution in [0.25, 0.3) is 0 Å². The zero-order valence-corrected chi connectivity index (χ0v) is 17.4. The number of fused-ring (bicyclic) bond motifs is 6. The first-order valence-electron chi connectivity index (χ1n) is 10.5. The minimum Gasteiger partial charge on any atom is -0.456 e. The summed E-state index contributed by atoms with van der Waals surface area (Å²) < 4.78 is 12.5. The Morgan fingerprint density at radius 1 is 0.844 bits per heavy atom. The smallest absolute Gasteiger partial charge is 0.342 e. The lowest BCUT2D eigenvalue weighted by Crippen LogP contribution is -2.33. The van der Waals surface area contributed by atoms with Gasteiger partial charge in [-0.15, -0.1) is 0 Å². The maximum absolute atomic E-state index is 13.3. The Morgan fingerprint density at radius 3 is 2.09 bits per heavy atom. The third-order valence-corrected chi connectivity index (χ3v) is 6.15. The predicted octanol–water partition coefficient (Wildman–Crippen LogP) is 5.89. The minimum atomic E-state index is -1.17. The molecule has 5 nitrogen and oxygen atoms in total. The fourth-order valence-corrected chi connectivity index (χ4v) is 4.82. The van der Waals surface area contributed by atoms with Gasteiger partial charge in [-0.05, 0) is 42.8 Å². The van der Waals surface area contributed by atoms with Crippen LogP contribution in [0.5, 0.6) is 11.5 Å². The molecular formula is C27H20N2O3. The largest absolute Gasteiger partial charge is 0.456 e. The van der Waals surface area contributed by atoms with E-state index in [0.717, 1.165) is 28.1 Å². The average molecular weight is 420 g/mol. The number of nitrogens with one attached hydrogen (secondary N) is 1. The standard InChI is InChI=1S/C27H20N2O3/c1-16-15-20(28)23-24(25(16)29-17-9-3-2-4-10-17)27(32-26(23)30)18-11-5-7-13-21(18)31-22-14-8-6-12-19(22)27/h2-15,29H,28H2,1H3. The number of hydrogen-bond acceptors (Lipinski definition) is 5. The summed E-state index contributed by atoms with van der Waals surface area (Å²) in [7, 11) is 0. The van der Waals surface area contributed by atoms with Gasteiger partial charge in [0.05, 0.1) is 11.3 Å². The van der Waals surface area contributed by atoms with Crippen molar-refractivity contribution in [3.05, 3.63) is 113 Å². The van der Waals surface area contributed by atoms with E-state index in [9.17, 15) is 4.79 Å². The SMILES string of the molecule is Cc1cc(N)c2c(c1Nc1ccccc1)C1(OC2=O)c2ccccc2Oc2ccccc21. The van der Waals surface area contributed by atoms with E-state index in [1.807, 2.05) is 91.9 Å². The number of nitrogens with two attached hydrogens (primary N) is 1. The summed E-state index contributed by atoms with van der Waals surface area (Å²) in [5.41, 5.74) is 10.9. The van der Waals surface area contributed by atoms with E-state index in [4.69, 9.17) is 15.2 Å². The highest BCUT2D eigenvalue weighted by Crippen LogP contribution is 2.59. The molecular weight excluding hydrogens is 400 g/mol. The van der Waals surface area contributed by atoms with Crippen molar-refractivity contribution in [2.24, 2.45) is 0 Å². The fraction of sp³-hybridized carbons (Fsp3) is 0.0741. The molecule has 0 fully saturated rings. The van der Waals surface area contributed by atoms with E-state index in [-0.39, 0.29) is 0 Å². The van der Waals surface area contributed by atoms with Crippen LogP contribution in [0.15, 0.2) is 84.9 Å². The number of para-hydroxylation sites is 3. The highest BCUT2D eigenvalue weighted by atomic mass is 16.6. The number of hydrogen-bond donors (Lipinski definition) is 2. The summed E-state index contributed by atoms with van der Waals surface area (Å²) in [5.74, 6) is 0.857.